The normalized spacial score (nSPS) is 16.3. The first-order valence-corrected chi connectivity index (χ1v) is 16.9. The van der Waals surface area contributed by atoms with Crippen molar-refractivity contribution in [2.24, 2.45) is 0 Å². The first kappa shape index (κ1) is 27.0. The summed E-state index contributed by atoms with van der Waals surface area (Å²) in [5.41, 5.74) is 30.1. The quantitative estimate of drug-likeness (QED) is 0.165. The first-order valence-electron chi connectivity index (χ1n) is 17.9. The lowest BCUT2D eigenvalue weighted by atomic mass is 9.63. The molecule has 0 nitrogen and oxygen atoms in total. The lowest BCUT2D eigenvalue weighted by Gasteiger charge is -2.38. The Morgan fingerprint density at radius 2 is 0.935 bits per heavy atom. The second kappa shape index (κ2) is 9.45. The summed E-state index contributed by atoms with van der Waals surface area (Å²) in [4.78, 5) is 0. The Morgan fingerprint density at radius 3 is 1.46 bits per heavy atom. The molecule has 230 valence electrons. The van der Waals surface area contributed by atoms with Crippen molar-refractivity contribution in [2.45, 2.75) is 94.9 Å². The Hall–Kier alpha value is -4.16. The molecule has 0 saturated heterocycles. The summed E-state index contributed by atoms with van der Waals surface area (Å²) in [6.45, 7) is 27.9. The van der Waals surface area contributed by atoms with E-state index in [1.807, 2.05) is 18.2 Å². The average molecular weight is 603 g/mol. The predicted octanol–water partition coefficient (Wildman–Crippen LogP) is 12.0. The zero-order valence-electron chi connectivity index (χ0n) is 31.6. The van der Waals surface area contributed by atoms with Gasteiger partial charge in [-0.3, -0.25) is 0 Å². The van der Waals surface area contributed by atoms with Gasteiger partial charge in [0.2, 0.25) is 0 Å². The second-order valence-electron chi connectivity index (χ2n) is 14.5. The van der Waals surface area contributed by atoms with E-state index in [1.165, 1.54) is 106 Å². The third-order valence-electron chi connectivity index (χ3n) is 13.0. The van der Waals surface area contributed by atoms with Gasteiger partial charge in [0.1, 0.15) is 0 Å². The molecule has 1 spiro atoms. The highest BCUT2D eigenvalue weighted by Crippen LogP contribution is 2.62. The summed E-state index contributed by atoms with van der Waals surface area (Å²) < 4.78 is 18.5. The molecule has 0 amide bonds. The van der Waals surface area contributed by atoms with E-state index in [0.717, 1.165) is 27.8 Å². The van der Waals surface area contributed by atoms with Crippen molar-refractivity contribution >= 4 is 6.08 Å². The van der Waals surface area contributed by atoms with E-state index in [0.29, 0.717) is 0 Å². The number of fused-ring (bicyclic) bond motifs is 12. The molecule has 3 aliphatic rings. The molecule has 5 aromatic carbocycles. The predicted molar refractivity (Wildman–Crippen MR) is 198 cm³/mol. The summed E-state index contributed by atoms with van der Waals surface area (Å²) in [6, 6.07) is 12.6. The van der Waals surface area contributed by atoms with Crippen molar-refractivity contribution in [3.05, 3.63) is 143 Å². The van der Waals surface area contributed by atoms with Crippen molar-refractivity contribution in [1.29, 1.82) is 0 Å². The maximum Gasteiger partial charge on any atom is 0.0658 e. The number of allylic oxidation sites excluding steroid dienone is 1. The largest absolute Gasteiger partial charge is 0.0658 e. The number of hydrogen-bond acceptors (Lipinski definition) is 0. The topological polar surface area (TPSA) is 0 Å². The van der Waals surface area contributed by atoms with Crippen LogP contribution in [0.1, 0.15) is 103 Å². The SMILES string of the molecule is [3H]C1([3H])c2ccccc2-c2cc3c(cc21)C=CC31c2c(C)c(C)c(C)c(C)c2-c2c(C)c(C)c(C)c(C)c2-c2c(C)c(C)c(C)c(C)c21. The van der Waals surface area contributed by atoms with E-state index in [4.69, 9.17) is 0 Å². The molecule has 0 fully saturated rings. The molecule has 0 saturated carbocycles. The lowest BCUT2D eigenvalue weighted by molar-refractivity contribution is 0.777. The summed E-state index contributed by atoms with van der Waals surface area (Å²) >= 11 is 0. The monoisotopic (exact) mass is 602 g/mol. The Morgan fingerprint density at radius 1 is 0.478 bits per heavy atom. The molecule has 0 aromatic heterocycles. The molecule has 0 heteroatoms. The van der Waals surface area contributed by atoms with Gasteiger partial charge in [0.25, 0.3) is 0 Å². The molecule has 0 unspecified atom stereocenters. The van der Waals surface area contributed by atoms with Gasteiger partial charge >= 0.3 is 0 Å². The van der Waals surface area contributed by atoms with E-state index in [2.05, 4.69) is 113 Å². The van der Waals surface area contributed by atoms with Crippen molar-refractivity contribution in [1.82, 2.24) is 0 Å². The fourth-order valence-electron chi connectivity index (χ4n) is 9.43. The molecule has 8 rings (SSSR count). The summed E-state index contributed by atoms with van der Waals surface area (Å²) in [7, 11) is 0. The summed E-state index contributed by atoms with van der Waals surface area (Å²) in [5, 5.41) is 0. The first-order chi connectivity index (χ1) is 22.6. The van der Waals surface area contributed by atoms with Crippen LogP contribution in [0, 0.1) is 83.1 Å². The van der Waals surface area contributed by atoms with E-state index >= 15 is 0 Å². The standard InChI is InChI=1S/C46H46/c1-22-23(2)29(8)41-40(28(22)7)42-30(9)24(3)26(5)32(11)44(42)46(45-33(12)27(6)25(4)31(10)43(41)45)18-17-35-20-36-19-34-15-13-14-16-37(34)38(36)21-39(35)46/h13-18,20-21H,19H2,1-12H3/i19T2. The fraction of sp³-hybridized carbons (Fsp3) is 0.304. The van der Waals surface area contributed by atoms with Gasteiger partial charge in [0.05, 0.1) is 5.41 Å². The van der Waals surface area contributed by atoms with E-state index in [1.54, 1.807) is 0 Å². The van der Waals surface area contributed by atoms with Gasteiger partial charge in [0, 0.05) is 2.74 Å². The molecule has 46 heavy (non-hydrogen) atoms. The molecule has 0 atom stereocenters. The highest BCUT2D eigenvalue weighted by molar-refractivity contribution is 6.01. The van der Waals surface area contributed by atoms with Crippen LogP contribution in [0.5, 0.6) is 0 Å². The minimum absolute atomic E-state index is 0.556. The van der Waals surface area contributed by atoms with Gasteiger partial charge in [-0.2, -0.15) is 0 Å². The van der Waals surface area contributed by atoms with Crippen molar-refractivity contribution in [3.8, 4) is 33.4 Å². The Kier molecular flexibility index (Phi) is 5.54. The van der Waals surface area contributed by atoms with Crippen LogP contribution in [0.15, 0.2) is 42.5 Å². The Labute approximate surface area is 279 Å². The number of benzene rings is 5. The van der Waals surface area contributed by atoms with Crippen LogP contribution in [-0.4, -0.2) is 0 Å². The van der Waals surface area contributed by atoms with Crippen LogP contribution in [0.25, 0.3) is 39.5 Å². The zero-order valence-corrected chi connectivity index (χ0v) is 29.6. The molecule has 0 N–H and O–H groups in total. The van der Waals surface area contributed by atoms with Gasteiger partial charge in [-0.25, -0.2) is 0 Å². The molecule has 0 bridgehead atoms. The molecular weight excluding hydrogens is 553 g/mol. The van der Waals surface area contributed by atoms with Crippen LogP contribution < -0.4 is 0 Å². The van der Waals surface area contributed by atoms with E-state index in [-0.39, 0.29) is 0 Å². The Balaban J connectivity index is 1.68. The van der Waals surface area contributed by atoms with Gasteiger partial charge in [-0.1, -0.05) is 42.5 Å². The minimum Gasteiger partial charge on any atom is -0.0645 e. The Bertz CT molecular complexity index is 2270. The van der Waals surface area contributed by atoms with Crippen molar-refractivity contribution < 1.29 is 2.74 Å². The lowest BCUT2D eigenvalue weighted by Crippen LogP contribution is -2.30. The number of rotatable bonds is 0. The van der Waals surface area contributed by atoms with E-state index in [9.17, 15) is 2.74 Å². The molecule has 0 radical (unpaired) electrons. The van der Waals surface area contributed by atoms with E-state index < -0.39 is 11.8 Å². The summed E-state index contributed by atoms with van der Waals surface area (Å²) in [5.74, 6) is 0. The molecular formula is C46H46. The van der Waals surface area contributed by atoms with Crippen LogP contribution >= 0.6 is 0 Å². The summed E-state index contributed by atoms with van der Waals surface area (Å²) in [6.07, 6.45) is 3.26. The van der Waals surface area contributed by atoms with Gasteiger partial charge < -0.3 is 0 Å². The molecule has 5 aromatic rings. The average Bonchev–Trinajstić information content (AvgIpc) is 3.50. The zero-order chi connectivity index (χ0) is 34.5. The van der Waals surface area contributed by atoms with Crippen LogP contribution in [0.2, 0.25) is 0 Å². The highest BCUT2D eigenvalue weighted by atomic mass is 14.5. The van der Waals surface area contributed by atoms with Gasteiger partial charge in [0.15, 0.2) is 0 Å². The molecule has 3 aliphatic carbocycles. The molecule has 0 heterocycles. The van der Waals surface area contributed by atoms with Crippen molar-refractivity contribution in [2.75, 3.05) is 0 Å². The third kappa shape index (κ3) is 3.31. The maximum absolute atomic E-state index is 9.26. The highest BCUT2D eigenvalue weighted by Gasteiger charge is 2.48. The maximum atomic E-state index is 9.26. The second-order valence-corrected chi connectivity index (χ2v) is 14.5. The molecule has 0 aliphatic heterocycles. The van der Waals surface area contributed by atoms with Gasteiger partial charge in [-0.15, -0.1) is 0 Å². The van der Waals surface area contributed by atoms with Crippen LogP contribution in [-0.2, 0) is 11.8 Å². The fourth-order valence-corrected chi connectivity index (χ4v) is 9.43. The minimum atomic E-state index is -1.54. The third-order valence-corrected chi connectivity index (χ3v) is 13.0. The van der Waals surface area contributed by atoms with Gasteiger partial charge in [-0.05, 0) is 229 Å². The number of hydrogen-bond donors (Lipinski definition) is 0. The van der Waals surface area contributed by atoms with Crippen LogP contribution in [0.3, 0.4) is 0 Å². The van der Waals surface area contributed by atoms with Crippen LogP contribution in [0.4, 0.5) is 0 Å². The smallest absolute Gasteiger partial charge is 0.0645 e. The van der Waals surface area contributed by atoms with Crippen molar-refractivity contribution in [3.63, 3.8) is 0 Å².